The highest BCUT2D eigenvalue weighted by Gasteiger charge is 2.30. The zero-order valence-electron chi connectivity index (χ0n) is 15.2. The van der Waals surface area contributed by atoms with Gasteiger partial charge in [0.15, 0.2) is 0 Å². The first-order chi connectivity index (χ1) is 13.2. The molecule has 138 valence electrons. The van der Waals surface area contributed by atoms with Crippen LogP contribution in [0, 0.1) is 0 Å². The Balaban J connectivity index is 1.47. The number of nitrogens with zero attached hydrogens (tertiary/aromatic N) is 2. The number of hydrogen-bond donors (Lipinski definition) is 2. The van der Waals surface area contributed by atoms with Crippen LogP contribution >= 0.6 is 0 Å². The topological polar surface area (TPSA) is 76.0 Å². The standard InChI is InChI=1S/C21H22N4O2/c1-22-21(27)16-6-4-5-14(11-16)12-23-19(26)13-25-18-8-3-2-7-17(18)24-20(25)15-9-10-15/h2-8,11,15H,9-10,12-13H2,1H3,(H,22,27)(H,23,26). The van der Waals surface area contributed by atoms with Crippen molar-refractivity contribution >= 4 is 22.8 Å². The summed E-state index contributed by atoms with van der Waals surface area (Å²) < 4.78 is 2.03. The Morgan fingerprint density at radius 1 is 1.15 bits per heavy atom. The third-order valence-corrected chi connectivity index (χ3v) is 4.83. The van der Waals surface area contributed by atoms with Crippen molar-refractivity contribution in [2.24, 2.45) is 0 Å². The lowest BCUT2D eigenvalue weighted by Crippen LogP contribution is -2.28. The maximum absolute atomic E-state index is 12.6. The number of nitrogens with one attached hydrogen (secondary N) is 2. The highest BCUT2D eigenvalue weighted by atomic mass is 16.2. The molecule has 0 bridgehead atoms. The summed E-state index contributed by atoms with van der Waals surface area (Å²) in [6, 6.07) is 15.2. The minimum absolute atomic E-state index is 0.0644. The first-order valence-corrected chi connectivity index (χ1v) is 9.18. The van der Waals surface area contributed by atoms with Crippen LogP contribution in [0.3, 0.4) is 0 Å². The van der Waals surface area contributed by atoms with Gasteiger partial charge in [-0.05, 0) is 42.7 Å². The average Bonchev–Trinajstić information content (AvgIpc) is 3.49. The highest BCUT2D eigenvalue weighted by Crippen LogP contribution is 2.40. The summed E-state index contributed by atoms with van der Waals surface area (Å²) in [6.45, 7) is 0.635. The van der Waals surface area contributed by atoms with Crippen LogP contribution in [-0.4, -0.2) is 28.4 Å². The number of fused-ring (bicyclic) bond motifs is 1. The molecule has 1 saturated carbocycles. The van der Waals surface area contributed by atoms with Crippen LogP contribution in [0.15, 0.2) is 48.5 Å². The maximum atomic E-state index is 12.6. The molecule has 1 aliphatic carbocycles. The van der Waals surface area contributed by atoms with E-state index in [1.807, 2.05) is 41.0 Å². The zero-order valence-corrected chi connectivity index (χ0v) is 15.2. The number of imidazole rings is 1. The summed E-state index contributed by atoms with van der Waals surface area (Å²) in [7, 11) is 1.60. The minimum atomic E-state index is -0.137. The molecule has 0 spiro atoms. The number of para-hydroxylation sites is 2. The van der Waals surface area contributed by atoms with Crippen molar-refractivity contribution in [2.75, 3.05) is 7.05 Å². The lowest BCUT2D eigenvalue weighted by Gasteiger charge is -2.10. The summed E-state index contributed by atoms with van der Waals surface area (Å²) in [4.78, 5) is 29.0. The van der Waals surface area contributed by atoms with Gasteiger partial charge in [-0.1, -0.05) is 24.3 Å². The fourth-order valence-corrected chi connectivity index (χ4v) is 3.28. The molecule has 0 saturated heterocycles. The van der Waals surface area contributed by atoms with Gasteiger partial charge >= 0.3 is 0 Å². The number of hydrogen-bond acceptors (Lipinski definition) is 3. The van der Waals surface area contributed by atoms with Crippen molar-refractivity contribution in [1.82, 2.24) is 20.2 Å². The van der Waals surface area contributed by atoms with Gasteiger partial charge in [0.25, 0.3) is 5.91 Å². The van der Waals surface area contributed by atoms with Crippen LogP contribution in [0.2, 0.25) is 0 Å². The molecule has 6 heteroatoms. The smallest absolute Gasteiger partial charge is 0.251 e. The monoisotopic (exact) mass is 362 g/mol. The molecule has 2 amide bonds. The number of carbonyl (C=O) groups is 2. The molecule has 0 radical (unpaired) electrons. The first-order valence-electron chi connectivity index (χ1n) is 9.18. The van der Waals surface area contributed by atoms with Gasteiger partial charge < -0.3 is 15.2 Å². The largest absolute Gasteiger partial charge is 0.355 e. The van der Waals surface area contributed by atoms with E-state index in [2.05, 4.69) is 10.6 Å². The Morgan fingerprint density at radius 3 is 2.74 bits per heavy atom. The minimum Gasteiger partial charge on any atom is -0.355 e. The van der Waals surface area contributed by atoms with E-state index in [-0.39, 0.29) is 18.4 Å². The van der Waals surface area contributed by atoms with E-state index in [9.17, 15) is 9.59 Å². The van der Waals surface area contributed by atoms with Gasteiger partial charge in [-0.3, -0.25) is 9.59 Å². The molecule has 1 aromatic heterocycles. The second kappa shape index (κ2) is 7.23. The molecule has 1 aliphatic rings. The van der Waals surface area contributed by atoms with Crippen LogP contribution in [0.25, 0.3) is 11.0 Å². The normalized spacial score (nSPS) is 13.5. The number of amides is 2. The lowest BCUT2D eigenvalue weighted by atomic mass is 10.1. The van der Waals surface area contributed by atoms with Crippen molar-refractivity contribution in [3.05, 3.63) is 65.5 Å². The molecule has 6 nitrogen and oxygen atoms in total. The van der Waals surface area contributed by atoms with E-state index in [4.69, 9.17) is 4.98 Å². The molecule has 1 heterocycles. The molecule has 27 heavy (non-hydrogen) atoms. The third-order valence-electron chi connectivity index (χ3n) is 4.83. The number of carbonyl (C=O) groups excluding carboxylic acids is 2. The Hall–Kier alpha value is -3.15. The van der Waals surface area contributed by atoms with Crippen molar-refractivity contribution in [2.45, 2.75) is 31.8 Å². The molecule has 1 fully saturated rings. The molecule has 2 aromatic carbocycles. The van der Waals surface area contributed by atoms with Gasteiger partial charge in [-0.25, -0.2) is 4.98 Å². The van der Waals surface area contributed by atoms with Crippen LogP contribution in [0.5, 0.6) is 0 Å². The Bertz CT molecular complexity index is 1000. The van der Waals surface area contributed by atoms with Crippen molar-refractivity contribution in [3.8, 4) is 0 Å². The first kappa shape index (κ1) is 17.3. The Morgan fingerprint density at radius 2 is 1.96 bits per heavy atom. The number of aromatic nitrogens is 2. The van der Waals surface area contributed by atoms with Gasteiger partial charge in [-0.2, -0.15) is 0 Å². The zero-order chi connectivity index (χ0) is 18.8. The molecule has 0 unspecified atom stereocenters. The van der Waals surface area contributed by atoms with Crippen LogP contribution in [0.4, 0.5) is 0 Å². The Labute approximate surface area is 157 Å². The summed E-state index contributed by atoms with van der Waals surface area (Å²) >= 11 is 0. The van der Waals surface area contributed by atoms with E-state index in [1.165, 1.54) is 0 Å². The fourth-order valence-electron chi connectivity index (χ4n) is 3.28. The average molecular weight is 362 g/mol. The van der Waals surface area contributed by atoms with Crippen molar-refractivity contribution in [3.63, 3.8) is 0 Å². The predicted molar refractivity (Wildman–Crippen MR) is 103 cm³/mol. The van der Waals surface area contributed by atoms with E-state index in [0.29, 0.717) is 18.0 Å². The molecular weight excluding hydrogens is 340 g/mol. The van der Waals surface area contributed by atoms with E-state index < -0.39 is 0 Å². The van der Waals surface area contributed by atoms with E-state index in [1.54, 1.807) is 19.2 Å². The molecule has 0 aliphatic heterocycles. The van der Waals surface area contributed by atoms with Crippen LogP contribution in [0.1, 0.15) is 40.5 Å². The Kier molecular flexibility index (Phi) is 4.62. The summed E-state index contributed by atoms with van der Waals surface area (Å²) in [5.74, 6) is 1.27. The third kappa shape index (κ3) is 3.69. The second-order valence-electron chi connectivity index (χ2n) is 6.88. The predicted octanol–water partition coefficient (Wildman–Crippen LogP) is 2.59. The van der Waals surface area contributed by atoms with E-state index in [0.717, 1.165) is 35.3 Å². The lowest BCUT2D eigenvalue weighted by molar-refractivity contribution is -0.121. The molecule has 3 aromatic rings. The van der Waals surface area contributed by atoms with Crippen LogP contribution < -0.4 is 10.6 Å². The van der Waals surface area contributed by atoms with Gasteiger partial charge in [0.2, 0.25) is 5.91 Å². The van der Waals surface area contributed by atoms with Crippen molar-refractivity contribution < 1.29 is 9.59 Å². The summed E-state index contributed by atoms with van der Waals surface area (Å²) in [5.41, 5.74) is 3.41. The van der Waals surface area contributed by atoms with Crippen molar-refractivity contribution in [1.29, 1.82) is 0 Å². The molecule has 2 N–H and O–H groups in total. The highest BCUT2D eigenvalue weighted by molar-refractivity contribution is 5.94. The number of benzene rings is 2. The SMILES string of the molecule is CNC(=O)c1cccc(CNC(=O)Cn2c(C3CC3)nc3ccccc32)c1. The quantitative estimate of drug-likeness (QED) is 0.708. The second-order valence-corrected chi connectivity index (χ2v) is 6.88. The summed E-state index contributed by atoms with van der Waals surface area (Å²) in [5, 5.41) is 5.56. The maximum Gasteiger partial charge on any atom is 0.251 e. The summed E-state index contributed by atoms with van der Waals surface area (Å²) in [6.07, 6.45) is 2.27. The molecular formula is C21H22N4O2. The molecule has 0 atom stereocenters. The van der Waals surface area contributed by atoms with Gasteiger partial charge in [0.05, 0.1) is 11.0 Å². The van der Waals surface area contributed by atoms with E-state index >= 15 is 0 Å². The van der Waals surface area contributed by atoms with Gasteiger partial charge in [0.1, 0.15) is 12.4 Å². The van der Waals surface area contributed by atoms with Gasteiger partial charge in [-0.15, -0.1) is 0 Å². The van der Waals surface area contributed by atoms with Crippen LogP contribution in [-0.2, 0) is 17.9 Å². The molecule has 4 rings (SSSR count). The van der Waals surface area contributed by atoms with Gasteiger partial charge in [0, 0.05) is 25.1 Å². The fraction of sp³-hybridized carbons (Fsp3) is 0.286. The number of rotatable bonds is 6.